The van der Waals surface area contributed by atoms with Crippen molar-refractivity contribution in [3.8, 4) is 0 Å². The maximum absolute atomic E-state index is 13.1. The molecule has 0 aliphatic rings. The normalized spacial score (nSPS) is 13.0. The molecule has 0 radical (unpaired) electrons. The van der Waals surface area contributed by atoms with Gasteiger partial charge >= 0.3 is 5.97 Å². The Hall–Kier alpha value is -2.47. The summed E-state index contributed by atoms with van der Waals surface area (Å²) in [5, 5.41) is 11.4. The average molecular weight is 469 g/mol. The lowest BCUT2D eigenvalue weighted by molar-refractivity contribution is -0.138. The maximum atomic E-state index is 13.1. The second-order valence-electron chi connectivity index (χ2n) is 10.2. The zero-order valence-electron chi connectivity index (χ0n) is 20.4. The summed E-state index contributed by atoms with van der Waals surface area (Å²) in [6, 6.07) is 10.3. The highest BCUT2D eigenvalue weighted by Crippen LogP contribution is 2.31. The average Bonchev–Trinajstić information content (AvgIpc) is 3.35. The molecule has 33 heavy (non-hydrogen) atoms. The molecular weight excluding hydrogens is 432 g/mol. The second kappa shape index (κ2) is 10.6. The lowest BCUT2D eigenvalue weighted by Gasteiger charge is -2.24. The Kier molecular flexibility index (Phi) is 8.11. The first-order valence-corrected chi connectivity index (χ1v) is 12.8. The van der Waals surface area contributed by atoms with E-state index >= 15 is 0 Å². The van der Waals surface area contributed by atoms with Crippen molar-refractivity contribution in [3.63, 3.8) is 0 Å². The quantitative estimate of drug-likeness (QED) is 0.303. The number of hydrogen-bond donors (Lipinski definition) is 1. The second-order valence-corrected chi connectivity index (χ2v) is 11.2. The molecule has 0 aliphatic carbocycles. The van der Waals surface area contributed by atoms with Crippen LogP contribution < -0.4 is 0 Å². The van der Waals surface area contributed by atoms with E-state index in [9.17, 15) is 14.7 Å². The van der Waals surface area contributed by atoms with Crippen LogP contribution in [0.1, 0.15) is 93.8 Å². The van der Waals surface area contributed by atoms with Crippen LogP contribution in [-0.4, -0.2) is 26.4 Å². The van der Waals surface area contributed by atoms with Crippen molar-refractivity contribution in [2.24, 2.45) is 11.3 Å². The molecule has 0 aliphatic heterocycles. The van der Waals surface area contributed by atoms with Crippen LogP contribution in [0.3, 0.4) is 0 Å². The number of carbonyl (C=O) groups is 2. The highest BCUT2D eigenvalue weighted by molar-refractivity contribution is 7.09. The molecule has 0 saturated carbocycles. The molecule has 0 spiro atoms. The van der Waals surface area contributed by atoms with Crippen molar-refractivity contribution in [2.75, 3.05) is 0 Å². The van der Waals surface area contributed by atoms with Crippen molar-refractivity contribution >= 4 is 34.1 Å². The van der Waals surface area contributed by atoms with Crippen LogP contribution in [0.15, 0.2) is 35.7 Å². The highest BCUT2D eigenvalue weighted by atomic mass is 32.1. The zero-order valence-corrected chi connectivity index (χ0v) is 21.2. The van der Waals surface area contributed by atoms with Crippen molar-refractivity contribution in [3.05, 3.63) is 52.0 Å². The van der Waals surface area contributed by atoms with E-state index in [0.29, 0.717) is 18.0 Å². The van der Waals surface area contributed by atoms with Gasteiger partial charge in [0, 0.05) is 35.7 Å². The molecule has 2 aromatic heterocycles. The summed E-state index contributed by atoms with van der Waals surface area (Å²) < 4.78 is 2.34. The molecule has 1 N–H and O–H groups in total. The minimum atomic E-state index is -0.852. The van der Waals surface area contributed by atoms with E-state index in [4.69, 9.17) is 4.98 Å². The molecule has 1 aromatic carbocycles. The van der Waals surface area contributed by atoms with E-state index < -0.39 is 5.97 Å². The molecule has 1 unspecified atom stereocenters. The van der Waals surface area contributed by atoms with Crippen LogP contribution in [0.2, 0.25) is 0 Å². The summed E-state index contributed by atoms with van der Waals surface area (Å²) in [7, 11) is 0. The van der Waals surface area contributed by atoms with Gasteiger partial charge in [0.2, 0.25) is 0 Å². The van der Waals surface area contributed by atoms with Gasteiger partial charge in [-0.1, -0.05) is 40.7 Å². The smallest absolute Gasteiger partial charge is 0.303 e. The Morgan fingerprint density at radius 1 is 1.12 bits per heavy atom. The van der Waals surface area contributed by atoms with Crippen LogP contribution in [0, 0.1) is 11.3 Å². The number of hydrogen-bond acceptors (Lipinski definition) is 4. The topological polar surface area (TPSA) is 72.2 Å². The monoisotopic (exact) mass is 468 g/mol. The molecule has 1 atom stereocenters. The van der Waals surface area contributed by atoms with E-state index in [-0.39, 0.29) is 30.0 Å². The fourth-order valence-electron chi connectivity index (χ4n) is 4.79. The van der Waals surface area contributed by atoms with Crippen LogP contribution >= 0.6 is 11.3 Å². The molecule has 178 valence electrons. The minimum absolute atomic E-state index is 0.00992. The molecular formula is C27H36N2O3S. The number of aromatic nitrogens is 2. The molecule has 0 amide bonds. The van der Waals surface area contributed by atoms with Crippen LogP contribution in [0.25, 0.3) is 11.0 Å². The van der Waals surface area contributed by atoms with Crippen LogP contribution in [0.5, 0.6) is 0 Å². The van der Waals surface area contributed by atoms with Gasteiger partial charge in [0.05, 0.1) is 11.0 Å². The first-order chi connectivity index (χ1) is 15.6. The number of carboxylic acid groups (broad SMARTS) is 1. The molecule has 0 fully saturated rings. The number of carbonyl (C=O) groups excluding carboxylic acids is 1. The number of rotatable bonds is 11. The fraction of sp³-hybridized carbons (Fsp3) is 0.519. The minimum Gasteiger partial charge on any atom is -0.481 e. The Balaban J connectivity index is 1.93. The van der Waals surface area contributed by atoms with Gasteiger partial charge in [-0.05, 0) is 60.2 Å². The number of fused-ring (bicyclic) bond motifs is 1. The number of nitrogens with zero attached hydrogens (tertiary/aromatic N) is 2. The first kappa shape index (κ1) is 25.2. The van der Waals surface area contributed by atoms with Gasteiger partial charge in [0.25, 0.3) is 0 Å². The van der Waals surface area contributed by atoms with E-state index in [1.54, 1.807) is 11.3 Å². The van der Waals surface area contributed by atoms with Crippen LogP contribution in [0.4, 0.5) is 0 Å². The number of imidazole rings is 1. The standard InChI is InChI=1S/C27H36N2O3S/c1-6-20(7-2)29-23-11-10-19(15-22(23)28-25(29)16-21-9-8-12-33-21)24(30)13-18(14-26(31)32)17-27(3,4)5/h8-12,15,18,20H,6-7,13-14,16-17H2,1-5H3,(H,31,32). The van der Waals surface area contributed by atoms with Crippen molar-refractivity contribution in [2.45, 2.75) is 79.2 Å². The highest BCUT2D eigenvalue weighted by Gasteiger charge is 2.25. The molecule has 6 heteroatoms. The molecule has 0 bridgehead atoms. The Bertz CT molecular complexity index is 1090. The van der Waals surface area contributed by atoms with Gasteiger partial charge in [0.1, 0.15) is 5.82 Å². The summed E-state index contributed by atoms with van der Waals surface area (Å²) in [6.07, 6.45) is 3.76. The predicted molar refractivity (Wildman–Crippen MR) is 135 cm³/mol. The summed E-state index contributed by atoms with van der Waals surface area (Å²) in [5.41, 5.74) is 2.48. The van der Waals surface area contributed by atoms with Gasteiger partial charge in [0.15, 0.2) is 5.78 Å². The third kappa shape index (κ3) is 6.53. The van der Waals surface area contributed by atoms with E-state index in [2.05, 4.69) is 56.7 Å². The largest absolute Gasteiger partial charge is 0.481 e. The third-order valence-electron chi connectivity index (χ3n) is 6.14. The fourth-order valence-corrected chi connectivity index (χ4v) is 5.49. The Labute approximate surface area is 200 Å². The Morgan fingerprint density at radius 3 is 2.42 bits per heavy atom. The molecule has 0 saturated heterocycles. The number of ketones is 1. The van der Waals surface area contributed by atoms with Crippen molar-refractivity contribution < 1.29 is 14.7 Å². The van der Waals surface area contributed by atoms with E-state index in [0.717, 1.165) is 36.1 Å². The van der Waals surface area contributed by atoms with Gasteiger partial charge in [-0.15, -0.1) is 11.3 Å². The van der Waals surface area contributed by atoms with Crippen molar-refractivity contribution in [1.29, 1.82) is 0 Å². The van der Waals surface area contributed by atoms with E-state index in [1.807, 2.05) is 18.2 Å². The van der Waals surface area contributed by atoms with Gasteiger partial charge in [-0.2, -0.15) is 0 Å². The van der Waals surface area contributed by atoms with Gasteiger partial charge in [-0.25, -0.2) is 4.98 Å². The van der Waals surface area contributed by atoms with Gasteiger partial charge in [-0.3, -0.25) is 9.59 Å². The molecule has 3 rings (SSSR count). The molecule has 5 nitrogen and oxygen atoms in total. The SMILES string of the molecule is CCC(CC)n1c(Cc2cccs2)nc2cc(C(=O)CC(CC(=O)O)CC(C)(C)C)ccc21. The Morgan fingerprint density at radius 2 is 1.85 bits per heavy atom. The number of carboxylic acids is 1. The zero-order chi connectivity index (χ0) is 24.2. The maximum Gasteiger partial charge on any atom is 0.303 e. The first-order valence-electron chi connectivity index (χ1n) is 11.9. The van der Waals surface area contributed by atoms with E-state index in [1.165, 1.54) is 4.88 Å². The summed E-state index contributed by atoms with van der Waals surface area (Å²) in [6.45, 7) is 10.6. The van der Waals surface area contributed by atoms with Crippen molar-refractivity contribution in [1.82, 2.24) is 9.55 Å². The van der Waals surface area contributed by atoms with Crippen LogP contribution in [-0.2, 0) is 11.2 Å². The van der Waals surface area contributed by atoms with Gasteiger partial charge < -0.3 is 9.67 Å². The predicted octanol–water partition coefficient (Wildman–Crippen LogP) is 7.15. The summed E-state index contributed by atoms with van der Waals surface area (Å²) >= 11 is 1.73. The lowest BCUT2D eigenvalue weighted by Crippen LogP contribution is -2.19. The lowest BCUT2D eigenvalue weighted by atomic mass is 9.80. The number of thiophene rings is 1. The number of Topliss-reactive ketones (excluding diaryl/α,β-unsaturated/α-hetero) is 1. The summed E-state index contributed by atoms with van der Waals surface area (Å²) in [4.78, 5) is 30.7. The molecule has 2 heterocycles. The summed E-state index contributed by atoms with van der Waals surface area (Å²) in [5.74, 6) is -0.0108. The third-order valence-corrected chi connectivity index (χ3v) is 7.02. The number of benzene rings is 1. The molecule has 3 aromatic rings. The number of aliphatic carboxylic acids is 1.